The molecule has 0 radical (unpaired) electrons. The average Bonchev–Trinajstić information content (AvgIpc) is 3.42. The molecule has 1 aromatic heterocycles. The Morgan fingerprint density at radius 1 is 1.25 bits per heavy atom. The summed E-state index contributed by atoms with van der Waals surface area (Å²) in [5.74, 6) is 6.86. The van der Waals surface area contributed by atoms with Gasteiger partial charge in [-0.15, -0.1) is 0 Å². The lowest BCUT2D eigenvalue weighted by Gasteiger charge is -2.13. The Morgan fingerprint density at radius 2 is 2.04 bits per heavy atom. The van der Waals surface area contributed by atoms with Gasteiger partial charge in [0.1, 0.15) is 17.4 Å². The first kappa shape index (κ1) is 14.7. The van der Waals surface area contributed by atoms with Gasteiger partial charge in [-0.2, -0.15) is 0 Å². The van der Waals surface area contributed by atoms with Gasteiger partial charge in [0, 0.05) is 17.0 Å². The molecule has 1 aliphatic carbocycles. The van der Waals surface area contributed by atoms with Gasteiger partial charge < -0.3 is 10.6 Å². The Balaban J connectivity index is 2.07. The molecule has 0 unspecified atom stereocenters. The lowest BCUT2D eigenvalue weighted by molar-refractivity contribution is 0.415. The van der Waals surface area contributed by atoms with Crippen LogP contribution in [0.15, 0.2) is 41.2 Å². The lowest BCUT2D eigenvalue weighted by Crippen LogP contribution is -2.31. The number of fused-ring (bicyclic) bond motifs is 1. The number of nitrogen functional groups attached to an aromatic ring is 1. The maximum Gasteiger partial charge on any atom is 0.279 e. The number of hydrogen-bond donors (Lipinski definition) is 1. The highest BCUT2D eigenvalue weighted by Gasteiger charge is 2.29. The number of nitrogens with two attached hydrogens (primary N) is 1. The van der Waals surface area contributed by atoms with Crippen molar-refractivity contribution >= 4 is 10.9 Å². The summed E-state index contributed by atoms with van der Waals surface area (Å²) in [4.78, 5) is 17.2. The Hall–Kier alpha value is -2.89. The van der Waals surface area contributed by atoms with Crippen LogP contribution in [0.1, 0.15) is 24.6 Å². The standard InChI is InChI=1S/C18H16FN3O2/c1-24-15-8-7-11(19)9-14(15)12-3-2-4-13-16(12)21-17(10-5-6-10)22(20)18(13)23/h2-4,7-10H,5-6,20H2,1H3. The van der Waals surface area contributed by atoms with Gasteiger partial charge in [0.2, 0.25) is 0 Å². The number of aromatic nitrogens is 2. The molecule has 1 heterocycles. The van der Waals surface area contributed by atoms with Crippen LogP contribution in [0, 0.1) is 5.82 Å². The minimum Gasteiger partial charge on any atom is -0.496 e. The molecule has 4 rings (SSSR count). The smallest absolute Gasteiger partial charge is 0.279 e. The van der Waals surface area contributed by atoms with Crippen LogP contribution < -0.4 is 16.1 Å². The molecule has 122 valence electrons. The number of methoxy groups -OCH3 is 1. The fourth-order valence-electron chi connectivity index (χ4n) is 2.98. The summed E-state index contributed by atoms with van der Waals surface area (Å²) < 4.78 is 20.2. The quantitative estimate of drug-likeness (QED) is 0.752. The average molecular weight is 325 g/mol. The first-order valence-corrected chi connectivity index (χ1v) is 7.75. The monoisotopic (exact) mass is 325 g/mol. The molecule has 0 bridgehead atoms. The second-order valence-corrected chi connectivity index (χ2v) is 5.97. The van der Waals surface area contributed by atoms with Gasteiger partial charge in [-0.05, 0) is 37.1 Å². The van der Waals surface area contributed by atoms with Crippen molar-refractivity contribution in [1.82, 2.24) is 9.66 Å². The summed E-state index contributed by atoms with van der Waals surface area (Å²) >= 11 is 0. The van der Waals surface area contributed by atoms with E-state index >= 15 is 0 Å². The van der Waals surface area contributed by atoms with E-state index in [1.807, 2.05) is 6.07 Å². The molecule has 0 amide bonds. The molecule has 1 saturated carbocycles. The second-order valence-electron chi connectivity index (χ2n) is 5.97. The first-order chi connectivity index (χ1) is 11.6. The van der Waals surface area contributed by atoms with Crippen molar-refractivity contribution in [2.24, 2.45) is 0 Å². The van der Waals surface area contributed by atoms with Gasteiger partial charge in [-0.3, -0.25) is 4.79 Å². The van der Waals surface area contributed by atoms with E-state index in [1.54, 1.807) is 18.2 Å². The van der Waals surface area contributed by atoms with E-state index in [0.29, 0.717) is 33.6 Å². The van der Waals surface area contributed by atoms with Crippen molar-refractivity contribution < 1.29 is 9.13 Å². The molecular weight excluding hydrogens is 309 g/mol. The Morgan fingerprint density at radius 3 is 2.75 bits per heavy atom. The highest BCUT2D eigenvalue weighted by Crippen LogP contribution is 2.40. The third-order valence-corrected chi connectivity index (χ3v) is 4.35. The second kappa shape index (κ2) is 5.33. The fourth-order valence-corrected chi connectivity index (χ4v) is 2.98. The van der Waals surface area contributed by atoms with Gasteiger partial charge in [-0.1, -0.05) is 12.1 Å². The van der Waals surface area contributed by atoms with Crippen molar-refractivity contribution in [1.29, 1.82) is 0 Å². The Bertz CT molecular complexity index is 1010. The predicted octanol–water partition coefficient (Wildman–Crippen LogP) is 2.80. The van der Waals surface area contributed by atoms with Crippen LogP contribution in [0.5, 0.6) is 5.75 Å². The highest BCUT2D eigenvalue weighted by atomic mass is 19.1. The zero-order valence-electron chi connectivity index (χ0n) is 13.1. The topological polar surface area (TPSA) is 70.1 Å². The molecular formula is C18H16FN3O2. The van der Waals surface area contributed by atoms with E-state index in [0.717, 1.165) is 17.5 Å². The summed E-state index contributed by atoms with van der Waals surface area (Å²) in [7, 11) is 1.53. The lowest BCUT2D eigenvalue weighted by atomic mass is 10.0. The molecule has 6 heteroatoms. The van der Waals surface area contributed by atoms with Crippen LogP contribution in [-0.4, -0.2) is 16.8 Å². The molecule has 5 nitrogen and oxygen atoms in total. The highest BCUT2D eigenvalue weighted by molar-refractivity contribution is 5.94. The van der Waals surface area contributed by atoms with E-state index in [1.165, 1.54) is 19.2 Å². The van der Waals surface area contributed by atoms with E-state index in [9.17, 15) is 9.18 Å². The van der Waals surface area contributed by atoms with E-state index in [4.69, 9.17) is 10.6 Å². The Labute approximate surface area is 137 Å². The maximum atomic E-state index is 13.8. The van der Waals surface area contributed by atoms with E-state index in [2.05, 4.69) is 4.98 Å². The van der Waals surface area contributed by atoms with Crippen LogP contribution in [0.3, 0.4) is 0 Å². The molecule has 0 spiro atoms. The third kappa shape index (κ3) is 2.22. The van der Waals surface area contributed by atoms with Crippen molar-refractivity contribution in [2.75, 3.05) is 13.0 Å². The molecule has 3 aromatic rings. The number of ether oxygens (including phenoxy) is 1. The molecule has 24 heavy (non-hydrogen) atoms. The minimum atomic E-state index is -0.377. The zero-order chi connectivity index (χ0) is 16.8. The van der Waals surface area contributed by atoms with Crippen molar-refractivity contribution in [3.05, 3.63) is 58.4 Å². The van der Waals surface area contributed by atoms with Crippen molar-refractivity contribution in [3.63, 3.8) is 0 Å². The number of rotatable bonds is 3. The summed E-state index contributed by atoms with van der Waals surface area (Å²) in [5.41, 5.74) is 1.45. The summed E-state index contributed by atoms with van der Waals surface area (Å²) in [6, 6.07) is 9.52. The Kier molecular flexibility index (Phi) is 3.26. The normalized spacial score (nSPS) is 14.1. The molecule has 1 aliphatic rings. The molecule has 0 saturated heterocycles. The zero-order valence-corrected chi connectivity index (χ0v) is 13.1. The van der Waals surface area contributed by atoms with Crippen LogP contribution in [0.25, 0.3) is 22.0 Å². The number of para-hydroxylation sites is 1. The van der Waals surface area contributed by atoms with Crippen LogP contribution in [0.4, 0.5) is 4.39 Å². The summed E-state index contributed by atoms with van der Waals surface area (Å²) in [6.07, 6.45) is 1.95. The molecule has 0 aliphatic heterocycles. The van der Waals surface area contributed by atoms with Gasteiger partial charge >= 0.3 is 0 Å². The van der Waals surface area contributed by atoms with Gasteiger partial charge in [-0.25, -0.2) is 14.1 Å². The largest absolute Gasteiger partial charge is 0.496 e. The number of hydrogen-bond acceptors (Lipinski definition) is 4. The van der Waals surface area contributed by atoms with Gasteiger partial charge in [0.15, 0.2) is 0 Å². The van der Waals surface area contributed by atoms with Crippen molar-refractivity contribution in [3.8, 4) is 16.9 Å². The molecule has 1 fully saturated rings. The maximum absolute atomic E-state index is 13.8. The molecule has 2 N–H and O–H groups in total. The van der Waals surface area contributed by atoms with Gasteiger partial charge in [0.05, 0.1) is 18.0 Å². The predicted molar refractivity (Wildman–Crippen MR) is 90.1 cm³/mol. The van der Waals surface area contributed by atoms with Gasteiger partial charge in [0.25, 0.3) is 5.56 Å². The number of halogens is 1. The summed E-state index contributed by atoms with van der Waals surface area (Å²) in [5, 5.41) is 0.408. The minimum absolute atomic E-state index is 0.217. The molecule has 0 atom stereocenters. The fraction of sp³-hybridized carbons (Fsp3) is 0.222. The van der Waals surface area contributed by atoms with Crippen molar-refractivity contribution in [2.45, 2.75) is 18.8 Å². The SMILES string of the molecule is COc1ccc(F)cc1-c1cccc2c(=O)n(N)c(C3CC3)nc12. The van der Waals surface area contributed by atoms with Crippen LogP contribution in [0.2, 0.25) is 0 Å². The first-order valence-electron chi connectivity index (χ1n) is 7.75. The number of nitrogens with zero attached hydrogens (tertiary/aromatic N) is 2. The van der Waals surface area contributed by atoms with E-state index < -0.39 is 0 Å². The summed E-state index contributed by atoms with van der Waals surface area (Å²) in [6.45, 7) is 0. The molecule has 2 aromatic carbocycles. The van der Waals surface area contributed by atoms with Crippen LogP contribution in [-0.2, 0) is 0 Å². The van der Waals surface area contributed by atoms with Crippen LogP contribution >= 0.6 is 0 Å². The van der Waals surface area contributed by atoms with E-state index in [-0.39, 0.29) is 17.3 Å². The number of benzene rings is 2. The third-order valence-electron chi connectivity index (χ3n) is 4.35.